The van der Waals surface area contributed by atoms with Gasteiger partial charge in [-0.2, -0.15) is 0 Å². The first-order valence-electron chi connectivity index (χ1n) is 9.31. The van der Waals surface area contributed by atoms with Gasteiger partial charge in [-0.1, -0.05) is 24.3 Å². The largest absolute Gasteiger partial charge is 0.372 e. The van der Waals surface area contributed by atoms with Gasteiger partial charge in [0, 0.05) is 25.2 Å². The van der Waals surface area contributed by atoms with Gasteiger partial charge in [-0.15, -0.1) is 0 Å². The molecule has 0 spiro atoms. The summed E-state index contributed by atoms with van der Waals surface area (Å²) in [6.45, 7) is 5.92. The van der Waals surface area contributed by atoms with Crippen LogP contribution in [-0.4, -0.2) is 46.1 Å². The maximum Gasteiger partial charge on any atom is 0.254 e. The number of imidazole rings is 1. The number of para-hydroxylation sites is 2. The summed E-state index contributed by atoms with van der Waals surface area (Å²) in [5.74, 6) is 0.807. The first kappa shape index (κ1) is 17.5. The van der Waals surface area contributed by atoms with Crippen molar-refractivity contribution in [2.75, 3.05) is 18.4 Å². The summed E-state index contributed by atoms with van der Waals surface area (Å²) in [6, 6.07) is 15.7. The number of nitrogens with zero attached hydrogens (tertiary/aromatic N) is 2. The number of anilines is 1. The van der Waals surface area contributed by atoms with E-state index in [4.69, 9.17) is 4.74 Å². The number of carbonyl (C=O) groups excluding carboxylic acids is 1. The highest BCUT2D eigenvalue weighted by Crippen LogP contribution is 2.16. The zero-order chi connectivity index (χ0) is 18.8. The summed E-state index contributed by atoms with van der Waals surface area (Å²) < 4.78 is 5.71. The standard InChI is InChI=1S/C21H24N4O2/c1-14-12-25(13-15(2)27-14)20(26)17-9-7-16(8-10-17)11-22-21-23-18-5-3-4-6-19(18)24-21/h3-10,14-15H,11-13H2,1-2H3,(H2,22,23,24). The van der Waals surface area contributed by atoms with Gasteiger partial charge >= 0.3 is 0 Å². The Kier molecular flexibility index (Phi) is 4.81. The zero-order valence-electron chi connectivity index (χ0n) is 15.6. The number of ether oxygens (including phenoxy) is 1. The SMILES string of the molecule is CC1CN(C(=O)c2ccc(CNc3nc4ccccc4[nH]3)cc2)CC(C)O1. The molecule has 1 amide bonds. The Morgan fingerprint density at radius 1 is 1.15 bits per heavy atom. The molecule has 2 aromatic carbocycles. The Morgan fingerprint density at radius 3 is 2.56 bits per heavy atom. The molecule has 6 heteroatoms. The third kappa shape index (κ3) is 3.95. The van der Waals surface area contributed by atoms with Gasteiger partial charge in [0.1, 0.15) is 0 Å². The van der Waals surface area contributed by atoms with Crippen LogP contribution in [0.3, 0.4) is 0 Å². The van der Waals surface area contributed by atoms with Crippen LogP contribution in [0.15, 0.2) is 48.5 Å². The fourth-order valence-corrected chi connectivity index (χ4v) is 3.51. The average molecular weight is 364 g/mol. The van der Waals surface area contributed by atoms with E-state index < -0.39 is 0 Å². The van der Waals surface area contributed by atoms with E-state index in [0.29, 0.717) is 25.2 Å². The number of nitrogens with one attached hydrogen (secondary N) is 2. The Hall–Kier alpha value is -2.86. The van der Waals surface area contributed by atoms with Crippen LogP contribution in [0.2, 0.25) is 0 Å². The van der Waals surface area contributed by atoms with Gasteiger partial charge in [-0.05, 0) is 43.7 Å². The molecule has 0 bridgehead atoms. The number of fused-ring (bicyclic) bond motifs is 1. The van der Waals surface area contributed by atoms with Crippen molar-refractivity contribution in [1.29, 1.82) is 0 Å². The molecule has 1 fully saturated rings. The number of carbonyl (C=O) groups is 1. The van der Waals surface area contributed by atoms with Gasteiger partial charge < -0.3 is 19.9 Å². The monoisotopic (exact) mass is 364 g/mol. The van der Waals surface area contributed by atoms with E-state index in [9.17, 15) is 4.79 Å². The van der Waals surface area contributed by atoms with Crippen LogP contribution in [-0.2, 0) is 11.3 Å². The summed E-state index contributed by atoms with van der Waals surface area (Å²) in [5, 5.41) is 3.30. The maximum absolute atomic E-state index is 12.7. The fraction of sp³-hybridized carbons (Fsp3) is 0.333. The molecule has 3 aromatic rings. The van der Waals surface area contributed by atoms with Crippen LogP contribution >= 0.6 is 0 Å². The number of benzene rings is 2. The second kappa shape index (κ2) is 7.40. The Bertz CT molecular complexity index is 892. The van der Waals surface area contributed by atoms with Gasteiger partial charge in [0.2, 0.25) is 5.95 Å². The predicted molar refractivity (Wildman–Crippen MR) is 106 cm³/mol. The second-order valence-electron chi connectivity index (χ2n) is 7.12. The molecule has 2 heterocycles. The van der Waals surface area contributed by atoms with E-state index in [2.05, 4.69) is 15.3 Å². The van der Waals surface area contributed by atoms with E-state index >= 15 is 0 Å². The molecule has 1 aliphatic rings. The second-order valence-corrected chi connectivity index (χ2v) is 7.12. The molecule has 0 saturated carbocycles. The maximum atomic E-state index is 12.7. The zero-order valence-corrected chi connectivity index (χ0v) is 15.6. The number of hydrogen-bond acceptors (Lipinski definition) is 4. The lowest BCUT2D eigenvalue weighted by molar-refractivity contribution is -0.0586. The van der Waals surface area contributed by atoms with Gasteiger partial charge in [0.25, 0.3) is 5.91 Å². The van der Waals surface area contributed by atoms with Gasteiger partial charge in [-0.3, -0.25) is 4.79 Å². The van der Waals surface area contributed by atoms with Crippen molar-refractivity contribution in [2.45, 2.75) is 32.6 Å². The van der Waals surface area contributed by atoms with Crippen LogP contribution < -0.4 is 5.32 Å². The first-order valence-corrected chi connectivity index (χ1v) is 9.31. The van der Waals surface area contributed by atoms with Gasteiger partial charge in [0.05, 0.1) is 23.2 Å². The molecule has 1 saturated heterocycles. The summed E-state index contributed by atoms with van der Waals surface area (Å²) >= 11 is 0. The van der Waals surface area contributed by atoms with Crippen LogP contribution in [0.4, 0.5) is 5.95 Å². The van der Waals surface area contributed by atoms with E-state index in [1.807, 2.05) is 67.3 Å². The van der Waals surface area contributed by atoms with E-state index in [0.717, 1.165) is 22.5 Å². The molecule has 140 valence electrons. The quantitative estimate of drug-likeness (QED) is 0.744. The summed E-state index contributed by atoms with van der Waals surface area (Å²) in [6.07, 6.45) is 0.148. The summed E-state index contributed by atoms with van der Waals surface area (Å²) in [4.78, 5) is 22.4. The minimum atomic E-state index is 0.0637. The van der Waals surface area contributed by atoms with Crippen molar-refractivity contribution < 1.29 is 9.53 Å². The number of aromatic nitrogens is 2. The molecule has 27 heavy (non-hydrogen) atoms. The molecule has 2 N–H and O–H groups in total. The summed E-state index contributed by atoms with van der Waals surface area (Å²) in [5.41, 5.74) is 3.75. The van der Waals surface area contributed by atoms with Crippen LogP contribution in [0.5, 0.6) is 0 Å². The van der Waals surface area contributed by atoms with Crippen LogP contribution in [0.1, 0.15) is 29.8 Å². The number of rotatable bonds is 4. The normalized spacial score (nSPS) is 20.0. The van der Waals surface area contributed by atoms with Crippen LogP contribution in [0, 0.1) is 0 Å². The lowest BCUT2D eigenvalue weighted by Gasteiger charge is -2.35. The lowest BCUT2D eigenvalue weighted by Crippen LogP contribution is -2.48. The average Bonchev–Trinajstić information content (AvgIpc) is 3.08. The van der Waals surface area contributed by atoms with E-state index in [1.54, 1.807) is 0 Å². The molecule has 1 aliphatic heterocycles. The van der Waals surface area contributed by atoms with Gasteiger partial charge in [-0.25, -0.2) is 4.98 Å². The van der Waals surface area contributed by atoms with Crippen molar-refractivity contribution in [3.63, 3.8) is 0 Å². The number of H-pyrrole nitrogens is 1. The molecular weight excluding hydrogens is 340 g/mol. The third-order valence-electron chi connectivity index (χ3n) is 4.76. The molecule has 2 atom stereocenters. The summed E-state index contributed by atoms with van der Waals surface area (Å²) in [7, 11) is 0. The topological polar surface area (TPSA) is 70.2 Å². The third-order valence-corrected chi connectivity index (χ3v) is 4.76. The Balaban J connectivity index is 1.39. The molecule has 0 radical (unpaired) electrons. The van der Waals surface area contributed by atoms with Crippen molar-refractivity contribution in [3.05, 3.63) is 59.7 Å². The van der Waals surface area contributed by atoms with E-state index in [1.165, 1.54) is 0 Å². The highest BCUT2D eigenvalue weighted by Gasteiger charge is 2.26. The number of amides is 1. The molecule has 1 aromatic heterocycles. The number of morpholine rings is 1. The minimum absolute atomic E-state index is 0.0637. The van der Waals surface area contributed by atoms with Crippen molar-refractivity contribution >= 4 is 22.9 Å². The Labute approximate surface area is 158 Å². The Morgan fingerprint density at radius 2 is 1.85 bits per heavy atom. The lowest BCUT2D eigenvalue weighted by atomic mass is 10.1. The molecule has 4 rings (SSSR count). The number of hydrogen-bond donors (Lipinski definition) is 2. The van der Waals surface area contributed by atoms with Crippen molar-refractivity contribution in [3.8, 4) is 0 Å². The molecule has 6 nitrogen and oxygen atoms in total. The predicted octanol–water partition coefficient (Wildman–Crippen LogP) is 3.42. The van der Waals surface area contributed by atoms with E-state index in [-0.39, 0.29) is 18.1 Å². The first-order chi connectivity index (χ1) is 13.1. The van der Waals surface area contributed by atoms with Crippen molar-refractivity contribution in [2.24, 2.45) is 0 Å². The van der Waals surface area contributed by atoms with Crippen LogP contribution in [0.25, 0.3) is 11.0 Å². The minimum Gasteiger partial charge on any atom is -0.372 e. The van der Waals surface area contributed by atoms with Crippen molar-refractivity contribution in [1.82, 2.24) is 14.9 Å². The van der Waals surface area contributed by atoms with Gasteiger partial charge in [0.15, 0.2) is 0 Å². The molecule has 2 unspecified atom stereocenters. The highest BCUT2D eigenvalue weighted by molar-refractivity contribution is 5.94. The fourth-order valence-electron chi connectivity index (χ4n) is 3.51. The smallest absolute Gasteiger partial charge is 0.254 e. The molecule has 0 aliphatic carbocycles. The number of aromatic amines is 1. The molecular formula is C21H24N4O2. The highest BCUT2D eigenvalue weighted by atomic mass is 16.5.